The van der Waals surface area contributed by atoms with Gasteiger partial charge in [-0.2, -0.15) is 0 Å². The van der Waals surface area contributed by atoms with Gasteiger partial charge in [0.2, 0.25) is 0 Å². The number of ketones is 1. The maximum Gasteiger partial charge on any atom is 0.170 e. The predicted molar refractivity (Wildman–Crippen MR) is 65.7 cm³/mol. The van der Waals surface area contributed by atoms with Crippen molar-refractivity contribution in [3.05, 3.63) is 22.8 Å². The molecule has 5 heteroatoms. The largest absolute Gasteiger partial charge is 0.383 e. The summed E-state index contributed by atoms with van der Waals surface area (Å²) in [6.45, 7) is 5.31. The summed E-state index contributed by atoms with van der Waals surface area (Å²) in [5.41, 5.74) is 6.05. The number of carbonyl (C=O) groups excluding carboxylic acids is 1. The molecule has 1 heterocycles. The van der Waals surface area contributed by atoms with Crippen LogP contribution in [0.2, 0.25) is 5.02 Å². The zero-order valence-electron chi connectivity index (χ0n) is 9.46. The second kappa shape index (κ2) is 5.82. The molecule has 16 heavy (non-hydrogen) atoms. The first kappa shape index (κ1) is 12.9. The van der Waals surface area contributed by atoms with Gasteiger partial charge in [0, 0.05) is 18.7 Å². The van der Waals surface area contributed by atoms with Crippen LogP contribution in [0.1, 0.15) is 24.2 Å². The number of hydrogen-bond donors (Lipinski definition) is 2. The fraction of sp³-hybridized carbons (Fsp3) is 0.455. The highest BCUT2D eigenvalue weighted by molar-refractivity contribution is 6.31. The summed E-state index contributed by atoms with van der Waals surface area (Å²) in [5.74, 6) is 0.0636. The Labute approximate surface area is 100 Å². The van der Waals surface area contributed by atoms with Crippen molar-refractivity contribution < 1.29 is 4.79 Å². The monoisotopic (exact) mass is 241 g/mol. The van der Waals surface area contributed by atoms with Crippen LogP contribution in [0.4, 0.5) is 5.82 Å². The highest BCUT2D eigenvalue weighted by atomic mass is 35.5. The lowest BCUT2D eigenvalue weighted by molar-refractivity contribution is 0.0930. The number of nitrogens with one attached hydrogen (secondary N) is 1. The van der Waals surface area contributed by atoms with Gasteiger partial charge in [0.15, 0.2) is 5.78 Å². The van der Waals surface area contributed by atoms with Crippen LogP contribution in [0.3, 0.4) is 0 Å². The van der Waals surface area contributed by atoms with Crippen LogP contribution < -0.4 is 11.1 Å². The third-order valence-corrected chi connectivity index (χ3v) is 2.51. The molecule has 1 rings (SSSR count). The topological polar surface area (TPSA) is 68.0 Å². The van der Waals surface area contributed by atoms with Crippen LogP contribution in [0.5, 0.6) is 0 Å². The van der Waals surface area contributed by atoms with Crippen LogP contribution in [-0.2, 0) is 0 Å². The zero-order valence-corrected chi connectivity index (χ0v) is 10.2. The predicted octanol–water partition coefficient (Wildman–Crippen LogP) is 1.75. The number of carbonyl (C=O) groups is 1. The van der Waals surface area contributed by atoms with Gasteiger partial charge in [0.25, 0.3) is 0 Å². The molecule has 0 saturated heterocycles. The van der Waals surface area contributed by atoms with Crippen LogP contribution in [0, 0.1) is 5.92 Å². The normalized spacial score (nSPS) is 12.4. The van der Waals surface area contributed by atoms with E-state index < -0.39 is 0 Å². The van der Waals surface area contributed by atoms with E-state index in [-0.39, 0.29) is 17.5 Å². The number of nitrogens with zero attached hydrogens (tertiary/aromatic N) is 1. The number of pyridine rings is 1. The van der Waals surface area contributed by atoms with Gasteiger partial charge in [-0.3, -0.25) is 4.79 Å². The lowest BCUT2D eigenvalue weighted by Crippen LogP contribution is -2.27. The van der Waals surface area contributed by atoms with Crippen molar-refractivity contribution in [1.82, 2.24) is 10.3 Å². The van der Waals surface area contributed by atoms with Crippen molar-refractivity contribution in [3.63, 3.8) is 0 Å². The number of Topliss-reactive ketones (excluding diaryl/α,β-unsaturated/α-hetero) is 1. The number of halogens is 1. The Morgan fingerprint density at radius 3 is 3.00 bits per heavy atom. The first-order valence-corrected chi connectivity index (χ1v) is 5.60. The number of anilines is 1. The third-order valence-electron chi connectivity index (χ3n) is 2.30. The molecule has 1 atom stereocenters. The first-order valence-electron chi connectivity index (χ1n) is 5.22. The van der Waals surface area contributed by atoms with Gasteiger partial charge in [-0.05, 0) is 12.6 Å². The quantitative estimate of drug-likeness (QED) is 0.771. The lowest BCUT2D eigenvalue weighted by atomic mass is 10.00. The zero-order chi connectivity index (χ0) is 12.1. The molecule has 0 spiro atoms. The molecule has 0 radical (unpaired) electrons. The van der Waals surface area contributed by atoms with Gasteiger partial charge in [0.1, 0.15) is 5.82 Å². The molecule has 88 valence electrons. The maximum atomic E-state index is 12.0. The Morgan fingerprint density at radius 1 is 1.69 bits per heavy atom. The summed E-state index contributed by atoms with van der Waals surface area (Å²) in [4.78, 5) is 15.9. The Kier molecular flexibility index (Phi) is 4.71. The number of nitrogen functional groups attached to an aromatic ring is 1. The SMILES string of the molecule is CCNCC(C)C(=O)c1cc(Cl)cnc1N. The molecular formula is C11H16ClN3O. The maximum absolute atomic E-state index is 12.0. The molecule has 1 unspecified atom stereocenters. The Balaban J connectivity index is 2.83. The third kappa shape index (κ3) is 3.18. The molecule has 1 aromatic rings. The van der Waals surface area contributed by atoms with E-state index in [1.54, 1.807) is 6.07 Å². The van der Waals surface area contributed by atoms with Crippen molar-refractivity contribution in [2.75, 3.05) is 18.8 Å². The van der Waals surface area contributed by atoms with E-state index in [1.807, 2.05) is 13.8 Å². The molecule has 0 aliphatic carbocycles. The number of aromatic nitrogens is 1. The number of nitrogens with two attached hydrogens (primary N) is 1. The standard InChI is InChI=1S/C11H16ClN3O/c1-3-14-5-7(2)10(16)9-4-8(12)6-15-11(9)13/h4,6-7,14H,3,5H2,1-2H3,(H2,13,15). The average Bonchev–Trinajstić information content (AvgIpc) is 2.28. The van der Waals surface area contributed by atoms with E-state index in [1.165, 1.54) is 6.20 Å². The highest BCUT2D eigenvalue weighted by Crippen LogP contribution is 2.18. The van der Waals surface area contributed by atoms with Crippen molar-refractivity contribution in [1.29, 1.82) is 0 Å². The minimum absolute atomic E-state index is 0.0338. The molecule has 0 saturated carbocycles. The Hall–Kier alpha value is -1.13. The summed E-state index contributed by atoms with van der Waals surface area (Å²) in [6, 6.07) is 1.56. The second-order valence-electron chi connectivity index (χ2n) is 3.66. The van der Waals surface area contributed by atoms with Gasteiger partial charge in [-0.1, -0.05) is 25.4 Å². The summed E-state index contributed by atoms with van der Waals surface area (Å²) in [6.07, 6.45) is 1.43. The lowest BCUT2D eigenvalue weighted by Gasteiger charge is -2.12. The summed E-state index contributed by atoms with van der Waals surface area (Å²) in [5, 5.41) is 3.54. The highest BCUT2D eigenvalue weighted by Gasteiger charge is 2.18. The molecule has 3 N–H and O–H groups in total. The van der Waals surface area contributed by atoms with Crippen molar-refractivity contribution in [3.8, 4) is 0 Å². The minimum atomic E-state index is -0.137. The second-order valence-corrected chi connectivity index (χ2v) is 4.10. The summed E-state index contributed by atoms with van der Waals surface area (Å²) >= 11 is 5.78. The molecule has 0 aliphatic rings. The van der Waals surface area contributed by atoms with Crippen molar-refractivity contribution in [2.45, 2.75) is 13.8 Å². The van der Waals surface area contributed by atoms with E-state index in [4.69, 9.17) is 17.3 Å². The Morgan fingerprint density at radius 2 is 2.38 bits per heavy atom. The van der Waals surface area contributed by atoms with Gasteiger partial charge >= 0.3 is 0 Å². The number of hydrogen-bond acceptors (Lipinski definition) is 4. The van der Waals surface area contributed by atoms with E-state index in [0.717, 1.165) is 6.54 Å². The number of rotatable bonds is 5. The molecule has 0 fully saturated rings. The van der Waals surface area contributed by atoms with Crippen LogP contribution >= 0.6 is 11.6 Å². The van der Waals surface area contributed by atoms with Crippen LogP contribution in [0.25, 0.3) is 0 Å². The van der Waals surface area contributed by atoms with Gasteiger partial charge in [0.05, 0.1) is 10.6 Å². The molecule has 1 aromatic heterocycles. The summed E-state index contributed by atoms with van der Waals surface area (Å²) in [7, 11) is 0. The molecular weight excluding hydrogens is 226 g/mol. The van der Waals surface area contributed by atoms with Gasteiger partial charge < -0.3 is 11.1 Å². The fourth-order valence-electron chi connectivity index (χ4n) is 1.37. The van der Waals surface area contributed by atoms with E-state index in [0.29, 0.717) is 17.1 Å². The van der Waals surface area contributed by atoms with Crippen molar-refractivity contribution >= 4 is 23.2 Å². The van der Waals surface area contributed by atoms with E-state index >= 15 is 0 Å². The van der Waals surface area contributed by atoms with Crippen LogP contribution in [0.15, 0.2) is 12.3 Å². The molecule has 4 nitrogen and oxygen atoms in total. The van der Waals surface area contributed by atoms with Crippen LogP contribution in [-0.4, -0.2) is 23.9 Å². The molecule has 0 bridgehead atoms. The smallest absolute Gasteiger partial charge is 0.170 e. The Bertz CT molecular complexity index is 381. The molecule has 0 aliphatic heterocycles. The minimum Gasteiger partial charge on any atom is -0.383 e. The van der Waals surface area contributed by atoms with Gasteiger partial charge in [-0.15, -0.1) is 0 Å². The fourth-order valence-corrected chi connectivity index (χ4v) is 1.52. The average molecular weight is 242 g/mol. The van der Waals surface area contributed by atoms with E-state index in [9.17, 15) is 4.79 Å². The summed E-state index contributed by atoms with van der Waals surface area (Å²) < 4.78 is 0. The van der Waals surface area contributed by atoms with Gasteiger partial charge in [-0.25, -0.2) is 4.98 Å². The van der Waals surface area contributed by atoms with E-state index in [2.05, 4.69) is 10.3 Å². The molecule has 0 aromatic carbocycles. The molecule has 0 amide bonds. The first-order chi connectivity index (χ1) is 7.56. The van der Waals surface area contributed by atoms with Crippen molar-refractivity contribution in [2.24, 2.45) is 5.92 Å².